The van der Waals surface area contributed by atoms with E-state index in [2.05, 4.69) is 22.9 Å². The molecule has 0 bridgehead atoms. The Hall–Kier alpha value is -0.890. The second-order valence-corrected chi connectivity index (χ2v) is 5.63. The van der Waals surface area contributed by atoms with Crippen LogP contribution in [0.3, 0.4) is 0 Å². The lowest BCUT2D eigenvalue weighted by molar-refractivity contribution is 0.609. The van der Waals surface area contributed by atoms with Gasteiger partial charge in [-0.15, -0.1) is 0 Å². The molecule has 0 heterocycles. The maximum atomic E-state index is 13.5. The van der Waals surface area contributed by atoms with Gasteiger partial charge in [-0.3, -0.25) is 0 Å². The first-order chi connectivity index (χ1) is 7.08. The van der Waals surface area contributed by atoms with E-state index in [0.29, 0.717) is 0 Å². The molecule has 0 nitrogen and oxygen atoms in total. The van der Waals surface area contributed by atoms with Gasteiger partial charge >= 0.3 is 0 Å². The third-order valence-electron chi connectivity index (χ3n) is 2.52. The Bertz CT molecular complexity index is 402. The summed E-state index contributed by atoms with van der Waals surface area (Å²) in [6.45, 7) is 2.05. The topological polar surface area (TPSA) is 0 Å². The molecule has 0 saturated heterocycles. The zero-order valence-corrected chi connectivity index (χ0v) is 10.0. The summed E-state index contributed by atoms with van der Waals surface area (Å²) < 4.78 is 13.4. The Morgan fingerprint density at radius 3 is 2.40 bits per heavy atom. The minimum absolute atomic E-state index is 0.0526. The van der Waals surface area contributed by atoms with Crippen LogP contribution < -0.4 is 0 Å². The summed E-state index contributed by atoms with van der Waals surface area (Å²) in [6, 6.07) is 6.90. The van der Waals surface area contributed by atoms with Crippen LogP contribution in [0.25, 0.3) is 0 Å². The molecule has 0 spiro atoms. The van der Waals surface area contributed by atoms with Crippen LogP contribution in [0.5, 0.6) is 0 Å². The average Bonchev–Trinajstić information content (AvgIpc) is 2.19. The minimum Gasteiger partial charge on any atom is -0.207 e. The van der Waals surface area contributed by atoms with Gasteiger partial charge in [0.15, 0.2) is 0 Å². The summed E-state index contributed by atoms with van der Waals surface area (Å²) in [4.78, 5) is 0. The van der Waals surface area contributed by atoms with Gasteiger partial charge in [-0.2, -0.15) is 0 Å². The van der Waals surface area contributed by atoms with E-state index < -0.39 is 0 Å². The molecule has 0 amide bonds. The first-order valence-corrected chi connectivity index (χ1v) is 5.70. The van der Waals surface area contributed by atoms with Gasteiger partial charge < -0.3 is 0 Å². The maximum absolute atomic E-state index is 13.5. The molecular weight excluding hydrogens is 255 g/mol. The van der Waals surface area contributed by atoms with Crippen LogP contribution in [0.4, 0.5) is 4.39 Å². The van der Waals surface area contributed by atoms with Gasteiger partial charge in [0.2, 0.25) is 0 Å². The standard InChI is InChI=1S/C13H12BrF/c1-13(14)8-6-10(7-9-13)11-4-2-3-5-12(11)15/h2-10H,1H3. The molecule has 0 saturated carbocycles. The SMILES string of the molecule is CC1(Br)C=CC(c2ccccc2F)C=C1. The molecule has 0 aromatic heterocycles. The summed E-state index contributed by atoms with van der Waals surface area (Å²) in [5.74, 6) is -0.0909. The van der Waals surface area contributed by atoms with Gasteiger partial charge in [-0.25, -0.2) is 4.39 Å². The van der Waals surface area contributed by atoms with Gasteiger partial charge in [-0.1, -0.05) is 58.4 Å². The fourth-order valence-electron chi connectivity index (χ4n) is 1.66. The third-order valence-corrected chi connectivity index (χ3v) is 3.05. The summed E-state index contributed by atoms with van der Waals surface area (Å²) in [5.41, 5.74) is 0.730. The van der Waals surface area contributed by atoms with Crippen molar-refractivity contribution in [3.05, 3.63) is 60.0 Å². The van der Waals surface area contributed by atoms with Crippen LogP contribution in [0.1, 0.15) is 18.4 Å². The van der Waals surface area contributed by atoms with E-state index in [0.717, 1.165) is 5.56 Å². The van der Waals surface area contributed by atoms with Crippen molar-refractivity contribution in [1.82, 2.24) is 0 Å². The average molecular weight is 267 g/mol. The van der Waals surface area contributed by atoms with Crippen LogP contribution in [-0.2, 0) is 0 Å². The first kappa shape index (κ1) is 10.6. The smallest absolute Gasteiger partial charge is 0.127 e. The number of rotatable bonds is 1. The lowest BCUT2D eigenvalue weighted by atomic mass is 9.91. The van der Waals surface area contributed by atoms with Gasteiger partial charge in [0.25, 0.3) is 0 Å². The summed E-state index contributed by atoms with van der Waals surface area (Å²) in [7, 11) is 0. The van der Waals surface area contributed by atoms with Crippen LogP contribution in [0.2, 0.25) is 0 Å². The van der Waals surface area contributed by atoms with Gasteiger partial charge in [0, 0.05) is 5.92 Å². The van der Waals surface area contributed by atoms with Crippen LogP contribution >= 0.6 is 15.9 Å². The molecule has 0 unspecified atom stereocenters. The van der Waals surface area contributed by atoms with Crippen LogP contribution in [0, 0.1) is 5.82 Å². The molecular formula is C13H12BrF. The van der Waals surface area contributed by atoms with E-state index in [9.17, 15) is 4.39 Å². The summed E-state index contributed by atoms with van der Waals surface area (Å²) >= 11 is 3.54. The fourth-order valence-corrected chi connectivity index (χ4v) is 1.96. The second-order valence-electron chi connectivity index (χ2n) is 3.92. The molecule has 1 aliphatic rings. The zero-order valence-electron chi connectivity index (χ0n) is 8.45. The van der Waals surface area contributed by atoms with Gasteiger partial charge in [0.05, 0.1) is 4.32 Å². The van der Waals surface area contributed by atoms with Crippen molar-refractivity contribution in [3.63, 3.8) is 0 Å². The van der Waals surface area contributed by atoms with Crippen molar-refractivity contribution in [2.45, 2.75) is 17.2 Å². The quantitative estimate of drug-likeness (QED) is 0.528. The molecule has 78 valence electrons. The first-order valence-electron chi connectivity index (χ1n) is 4.90. The van der Waals surface area contributed by atoms with E-state index in [1.54, 1.807) is 6.07 Å². The number of halogens is 2. The Labute approximate surface area is 97.6 Å². The molecule has 0 radical (unpaired) electrons. The summed E-state index contributed by atoms with van der Waals surface area (Å²) in [6.07, 6.45) is 8.13. The van der Waals surface area contributed by atoms with Crippen molar-refractivity contribution in [2.75, 3.05) is 0 Å². The number of benzene rings is 1. The van der Waals surface area contributed by atoms with Crippen molar-refractivity contribution in [3.8, 4) is 0 Å². The van der Waals surface area contributed by atoms with Crippen molar-refractivity contribution < 1.29 is 4.39 Å². The number of hydrogen-bond donors (Lipinski definition) is 0. The van der Waals surface area contributed by atoms with Crippen molar-refractivity contribution in [2.24, 2.45) is 0 Å². The predicted octanol–water partition coefficient (Wildman–Crippen LogP) is 4.19. The molecule has 1 aliphatic carbocycles. The lowest BCUT2D eigenvalue weighted by Gasteiger charge is -2.20. The molecule has 2 heteroatoms. The highest BCUT2D eigenvalue weighted by atomic mass is 79.9. The van der Waals surface area contributed by atoms with E-state index in [-0.39, 0.29) is 16.1 Å². The largest absolute Gasteiger partial charge is 0.207 e. The lowest BCUT2D eigenvalue weighted by Crippen LogP contribution is -2.12. The number of alkyl halides is 1. The highest BCUT2D eigenvalue weighted by Gasteiger charge is 2.19. The second kappa shape index (κ2) is 3.93. The Morgan fingerprint density at radius 2 is 1.80 bits per heavy atom. The molecule has 0 aliphatic heterocycles. The molecule has 0 N–H and O–H groups in total. The van der Waals surface area contributed by atoms with E-state index in [1.807, 2.05) is 36.4 Å². The monoisotopic (exact) mass is 266 g/mol. The molecule has 1 aromatic rings. The van der Waals surface area contributed by atoms with Crippen molar-refractivity contribution >= 4 is 15.9 Å². The highest BCUT2D eigenvalue weighted by molar-refractivity contribution is 9.10. The molecule has 0 atom stereocenters. The van der Waals surface area contributed by atoms with Gasteiger partial charge in [-0.05, 0) is 18.6 Å². The zero-order chi connectivity index (χ0) is 10.9. The van der Waals surface area contributed by atoms with E-state index in [1.165, 1.54) is 6.07 Å². The number of allylic oxidation sites excluding steroid dienone is 4. The summed E-state index contributed by atoms with van der Waals surface area (Å²) in [5, 5.41) is 0. The Kier molecular flexibility index (Phi) is 2.79. The highest BCUT2D eigenvalue weighted by Crippen LogP contribution is 2.32. The van der Waals surface area contributed by atoms with Crippen molar-refractivity contribution in [1.29, 1.82) is 0 Å². The molecule has 2 rings (SSSR count). The Balaban J connectivity index is 2.29. The van der Waals surface area contributed by atoms with E-state index in [4.69, 9.17) is 0 Å². The maximum Gasteiger partial charge on any atom is 0.127 e. The number of hydrogen-bond acceptors (Lipinski definition) is 0. The normalized spacial score (nSPS) is 29.4. The Morgan fingerprint density at radius 1 is 1.20 bits per heavy atom. The molecule has 0 fully saturated rings. The molecule has 1 aromatic carbocycles. The van der Waals surface area contributed by atoms with Crippen LogP contribution in [0.15, 0.2) is 48.6 Å². The molecule has 15 heavy (non-hydrogen) atoms. The third kappa shape index (κ3) is 2.37. The van der Waals surface area contributed by atoms with Gasteiger partial charge in [0.1, 0.15) is 5.82 Å². The predicted molar refractivity (Wildman–Crippen MR) is 64.8 cm³/mol. The fraction of sp³-hybridized carbons (Fsp3) is 0.231. The van der Waals surface area contributed by atoms with E-state index >= 15 is 0 Å². The minimum atomic E-state index is -0.144. The van der Waals surface area contributed by atoms with Crippen LogP contribution in [-0.4, -0.2) is 4.32 Å².